The molecule has 2 atom stereocenters. The van der Waals surface area contributed by atoms with E-state index in [4.69, 9.17) is 9.47 Å². The van der Waals surface area contributed by atoms with Crippen LogP contribution in [-0.2, 0) is 19.1 Å². The lowest BCUT2D eigenvalue weighted by molar-refractivity contribution is -0.149. The smallest absolute Gasteiger partial charge is 0.408 e. The number of fused-ring (bicyclic) bond motifs is 3. The van der Waals surface area contributed by atoms with Crippen molar-refractivity contribution in [3.63, 3.8) is 0 Å². The van der Waals surface area contributed by atoms with Gasteiger partial charge in [0.05, 0.1) is 0 Å². The number of aliphatic carboxylic acids is 1. The molecule has 1 saturated heterocycles. The summed E-state index contributed by atoms with van der Waals surface area (Å²) in [6, 6.07) is 16.3. The van der Waals surface area contributed by atoms with Crippen LogP contribution in [-0.4, -0.2) is 54.5 Å². The molecule has 1 heterocycles. The standard InChI is InChI=1S/C27H30N2O6/c30-24(31)23-17(11-14-34-23)15-28-25(32)27(12-5-6-13-27)29-26(33)35-16-22-20-9-3-1-7-18(20)19-8-2-4-10-21(19)22/h1-4,7-10,17,22-23H,5-6,11-16H2,(H,28,32)(H,29,33)(H,30,31)/t17-,23-/m0/s1. The summed E-state index contributed by atoms with van der Waals surface area (Å²) in [6.45, 7) is 0.738. The van der Waals surface area contributed by atoms with Crippen LogP contribution in [0.1, 0.15) is 49.1 Å². The lowest BCUT2D eigenvalue weighted by atomic mass is 9.95. The summed E-state index contributed by atoms with van der Waals surface area (Å²) >= 11 is 0. The number of rotatable bonds is 7. The average Bonchev–Trinajstić information content (AvgIpc) is 3.59. The topological polar surface area (TPSA) is 114 Å². The second-order valence-corrected chi connectivity index (χ2v) is 9.63. The Bertz CT molecular complexity index is 1080. The van der Waals surface area contributed by atoms with E-state index in [2.05, 4.69) is 34.9 Å². The van der Waals surface area contributed by atoms with E-state index >= 15 is 0 Å². The summed E-state index contributed by atoms with van der Waals surface area (Å²) in [4.78, 5) is 37.4. The van der Waals surface area contributed by atoms with E-state index in [1.54, 1.807) is 0 Å². The van der Waals surface area contributed by atoms with Crippen molar-refractivity contribution in [3.05, 3.63) is 59.7 Å². The van der Waals surface area contributed by atoms with Crippen molar-refractivity contribution in [2.45, 2.75) is 49.7 Å². The molecule has 2 aromatic rings. The molecule has 5 rings (SSSR count). The predicted molar refractivity (Wildman–Crippen MR) is 128 cm³/mol. The second kappa shape index (κ2) is 9.70. The molecule has 0 spiro atoms. The van der Waals surface area contributed by atoms with Crippen molar-refractivity contribution in [1.29, 1.82) is 0 Å². The first-order valence-electron chi connectivity index (χ1n) is 12.2. The zero-order valence-corrected chi connectivity index (χ0v) is 19.5. The van der Waals surface area contributed by atoms with Crippen LogP contribution in [0.5, 0.6) is 0 Å². The number of ether oxygens (including phenoxy) is 2. The minimum Gasteiger partial charge on any atom is -0.479 e. The fourth-order valence-electron chi connectivity index (χ4n) is 5.73. The molecular weight excluding hydrogens is 448 g/mol. The van der Waals surface area contributed by atoms with Gasteiger partial charge in [0.15, 0.2) is 6.10 Å². The first kappa shape index (κ1) is 23.4. The Morgan fingerprint density at radius 3 is 2.26 bits per heavy atom. The van der Waals surface area contributed by atoms with Crippen LogP contribution in [0.3, 0.4) is 0 Å². The predicted octanol–water partition coefficient (Wildman–Crippen LogP) is 3.44. The first-order valence-corrected chi connectivity index (χ1v) is 12.2. The van der Waals surface area contributed by atoms with Gasteiger partial charge in [-0.05, 0) is 41.5 Å². The number of hydrogen-bond donors (Lipinski definition) is 3. The molecule has 2 aromatic carbocycles. The van der Waals surface area contributed by atoms with Gasteiger partial charge in [-0.3, -0.25) is 4.79 Å². The second-order valence-electron chi connectivity index (χ2n) is 9.63. The van der Waals surface area contributed by atoms with Crippen LogP contribution >= 0.6 is 0 Å². The molecule has 8 nitrogen and oxygen atoms in total. The Balaban J connectivity index is 1.22. The molecule has 1 aliphatic heterocycles. The van der Waals surface area contributed by atoms with Crippen LogP contribution in [0.2, 0.25) is 0 Å². The van der Waals surface area contributed by atoms with Gasteiger partial charge in [-0.2, -0.15) is 0 Å². The Hall–Kier alpha value is -3.39. The van der Waals surface area contributed by atoms with Crippen LogP contribution in [0.4, 0.5) is 4.79 Å². The third kappa shape index (κ3) is 4.50. The van der Waals surface area contributed by atoms with E-state index in [0.717, 1.165) is 35.1 Å². The van der Waals surface area contributed by atoms with Crippen molar-refractivity contribution in [3.8, 4) is 11.1 Å². The maximum absolute atomic E-state index is 13.2. The van der Waals surface area contributed by atoms with Gasteiger partial charge in [-0.15, -0.1) is 0 Å². The Morgan fingerprint density at radius 1 is 1.00 bits per heavy atom. The Labute approximate surface area is 204 Å². The third-order valence-corrected chi connectivity index (χ3v) is 7.56. The molecular formula is C27H30N2O6. The lowest BCUT2D eigenvalue weighted by Gasteiger charge is -2.29. The van der Waals surface area contributed by atoms with Crippen molar-refractivity contribution in [1.82, 2.24) is 10.6 Å². The van der Waals surface area contributed by atoms with Gasteiger partial charge in [-0.25, -0.2) is 9.59 Å². The summed E-state index contributed by atoms with van der Waals surface area (Å²) in [5.41, 5.74) is 3.52. The van der Waals surface area contributed by atoms with Gasteiger partial charge in [0.1, 0.15) is 12.1 Å². The Kier molecular flexibility index (Phi) is 6.47. The number of amides is 2. The molecule has 0 radical (unpaired) electrons. The maximum atomic E-state index is 13.2. The average molecular weight is 479 g/mol. The zero-order chi connectivity index (χ0) is 24.4. The summed E-state index contributed by atoms with van der Waals surface area (Å²) in [5.74, 6) is -1.66. The van der Waals surface area contributed by atoms with E-state index in [-0.39, 0.29) is 30.9 Å². The highest BCUT2D eigenvalue weighted by Gasteiger charge is 2.44. The highest BCUT2D eigenvalue weighted by molar-refractivity contribution is 5.90. The SMILES string of the molecule is O=C(NC1(C(=O)NC[C@@H]2CCO[C@@H]2C(=O)O)CCCC1)OCC1c2ccccc2-c2ccccc21. The van der Waals surface area contributed by atoms with Gasteiger partial charge in [0.25, 0.3) is 0 Å². The normalized spacial score (nSPS) is 22.3. The molecule has 2 fully saturated rings. The van der Waals surface area contributed by atoms with E-state index in [1.807, 2.05) is 24.3 Å². The number of alkyl carbamates (subject to hydrolysis) is 1. The van der Waals surface area contributed by atoms with Gasteiger partial charge in [0, 0.05) is 25.0 Å². The van der Waals surface area contributed by atoms with E-state index in [9.17, 15) is 19.5 Å². The number of hydrogen-bond acceptors (Lipinski definition) is 5. The molecule has 8 heteroatoms. The highest BCUT2D eigenvalue weighted by atomic mass is 16.5. The highest BCUT2D eigenvalue weighted by Crippen LogP contribution is 2.44. The molecule has 35 heavy (non-hydrogen) atoms. The van der Waals surface area contributed by atoms with Crippen LogP contribution in [0.25, 0.3) is 11.1 Å². The van der Waals surface area contributed by atoms with E-state index in [0.29, 0.717) is 25.9 Å². The minimum absolute atomic E-state index is 0.0585. The zero-order valence-electron chi connectivity index (χ0n) is 19.5. The quantitative estimate of drug-likeness (QED) is 0.562. The summed E-state index contributed by atoms with van der Waals surface area (Å²) in [7, 11) is 0. The monoisotopic (exact) mass is 478 g/mol. The fraction of sp³-hybridized carbons (Fsp3) is 0.444. The molecule has 0 bridgehead atoms. The molecule has 0 aromatic heterocycles. The fourth-order valence-corrected chi connectivity index (χ4v) is 5.73. The van der Waals surface area contributed by atoms with Gasteiger partial charge < -0.3 is 25.2 Å². The van der Waals surface area contributed by atoms with E-state index < -0.39 is 23.7 Å². The molecule has 3 aliphatic rings. The van der Waals surface area contributed by atoms with E-state index in [1.165, 1.54) is 0 Å². The number of carbonyl (C=O) groups is 3. The van der Waals surface area contributed by atoms with Gasteiger partial charge >= 0.3 is 12.1 Å². The van der Waals surface area contributed by atoms with Gasteiger partial charge in [0.2, 0.25) is 5.91 Å². The van der Waals surface area contributed by atoms with Crippen molar-refractivity contribution in [2.24, 2.45) is 5.92 Å². The van der Waals surface area contributed by atoms with Gasteiger partial charge in [-0.1, -0.05) is 61.4 Å². The number of carboxylic acids is 1. The number of carboxylic acid groups (broad SMARTS) is 1. The molecule has 184 valence electrons. The van der Waals surface area contributed by atoms with Crippen LogP contribution in [0.15, 0.2) is 48.5 Å². The number of nitrogens with one attached hydrogen (secondary N) is 2. The molecule has 2 amide bonds. The largest absolute Gasteiger partial charge is 0.479 e. The van der Waals surface area contributed by atoms with Crippen molar-refractivity contribution in [2.75, 3.05) is 19.8 Å². The Morgan fingerprint density at radius 2 is 1.63 bits per heavy atom. The van der Waals surface area contributed by atoms with Crippen LogP contribution in [0, 0.1) is 5.92 Å². The number of benzene rings is 2. The lowest BCUT2D eigenvalue weighted by Crippen LogP contribution is -2.58. The molecule has 0 unspecified atom stereocenters. The maximum Gasteiger partial charge on any atom is 0.408 e. The first-order chi connectivity index (χ1) is 17.0. The molecule has 3 N–H and O–H groups in total. The summed E-state index contributed by atoms with van der Waals surface area (Å²) in [6.07, 6.45) is 1.73. The van der Waals surface area contributed by atoms with Crippen LogP contribution < -0.4 is 10.6 Å². The molecule has 2 aliphatic carbocycles. The summed E-state index contributed by atoms with van der Waals surface area (Å²) in [5, 5.41) is 15.0. The molecule has 1 saturated carbocycles. The van der Waals surface area contributed by atoms with Crippen molar-refractivity contribution < 1.29 is 29.0 Å². The summed E-state index contributed by atoms with van der Waals surface area (Å²) < 4.78 is 10.9. The third-order valence-electron chi connectivity index (χ3n) is 7.56. The minimum atomic E-state index is -1.04. The number of carbonyl (C=O) groups excluding carboxylic acids is 2. The van der Waals surface area contributed by atoms with Crippen molar-refractivity contribution >= 4 is 18.0 Å².